The SMILES string of the molecule is Cc1cc(C(=O)Nc2cccc(C(NCc3ccc(N)cc3)c3ccccc3)c2)n(-c2cccc(CN)c2)n1.NCCCCCN.NCc1ccc(N)cc1.O=S(Cl)Cl.[B].[C-]#[N+]c1cccc(-n2nc(C)cc2C(=O)Nc2cccc(C(NCc3ccc(N)cc3)c3ccccc3)c2)c1.[C-]#[N+]c1cccc(-n2nc(C)cc2C(=O)Nc2cccc(C(O)c3ccccc3)c2)c1.[H-].[Na+]. The van der Waals surface area contributed by atoms with Gasteiger partial charge < -0.3 is 73.3 Å². The van der Waals surface area contributed by atoms with E-state index in [2.05, 4.69) is 103 Å². The fourth-order valence-electron chi connectivity index (χ4n) is 13.5. The van der Waals surface area contributed by atoms with Crippen LogP contribution in [0.25, 0.3) is 26.8 Å². The van der Waals surface area contributed by atoms with E-state index in [4.69, 9.17) is 57.5 Å². The third-order valence-corrected chi connectivity index (χ3v) is 19.9. The number of aliphatic hydroxyl groups is 1. The first-order valence-electron chi connectivity index (χ1n) is 41.4. The monoisotopic (exact) mass is 1810 g/mol. The number of unbranched alkanes of at least 4 members (excludes halogenated alkanes) is 2. The van der Waals surface area contributed by atoms with Gasteiger partial charge in [-0.05, 0) is 230 Å². The van der Waals surface area contributed by atoms with Crippen molar-refractivity contribution in [3.63, 3.8) is 0 Å². The Morgan fingerprint density at radius 3 is 1.04 bits per heavy atom. The minimum absolute atomic E-state index is 0. The van der Waals surface area contributed by atoms with Gasteiger partial charge in [0.1, 0.15) is 23.2 Å². The van der Waals surface area contributed by atoms with Crippen molar-refractivity contribution in [3.05, 3.63) is 440 Å². The number of aliphatic hydroxyl groups excluding tert-OH is 1. The Hall–Kier alpha value is -13.4. The van der Waals surface area contributed by atoms with Gasteiger partial charge in [0.05, 0.1) is 59.4 Å². The predicted molar refractivity (Wildman–Crippen MR) is 528 cm³/mol. The van der Waals surface area contributed by atoms with Crippen molar-refractivity contribution >= 4 is 102 Å². The summed E-state index contributed by atoms with van der Waals surface area (Å²) in [5, 5.41) is 40.4. The molecule has 0 spiro atoms. The molecular formula is C101H105BCl2N20NaO5S. The third kappa shape index (κ3) is 32.0. The second kappa shape index (κ2) is 53.5. The minimum Gasteiger partial charge on any atom is -1.00 e. The van der Waals surface area contributed by atoms with Crippen LogP contribution in [0.4, 0.5) is 45.5 Å². The number of amides is 3. The topological polar surface area (TPSA) is 393 Å². The number of anilines is 6. The van der Waals surface area contributed by atoms with Crippen molar-refractivity contribution in [2.75, 3.05) is 46.2 Å². The van der Waals surface area contributed by atoms with E-state index in [-0.39, 0.29) is 69.2 Å². The summed E-state index contributed by atoms with van der Waals surface area (Å²) in [6.45, 7) is 24.0. The molecule has 15 aromatic rings. The van der Waals surface area contributed by atoms with Gasteiger partial charge in [-0.25, -0.2) is 27.9 Å². The number of nitrogens with two attached hydrogens (primary N) is 7. The second-order valence-electron chi connectivity index (χ2n) is 29.6. The zero-order chi connectivity index (χ0) is 92.0. The molecule has 0 aliphatic carbocycles. The Labute approximate surface area is 801 Å². The number of nitrogens with zero attached hydrogens (tertiary/aromatic N) is 8. The van der Waals surface area contributed by atoms with Crippen LogP contribution in [0.1, 0.15) is 143 Å². The van der Waals surface area contributed by atoms with Gasteiger partial charge in [0.2, 0.25) is 9.23 Å². The Morgan fingerprint density at radius 1 is 0.389 bits per heavy atom. The van der Waals surface area contributed by atoms with Gasteiger partial charge in [-0.3, -0.25) is 14.4 Å². The van der Waals surface area contributed by atoms with Crippen molar-refractivity contribution in [2.45, 2.75) is 84.4 Å². The molecule has 0 aliphatic heterocycles. The molecule has 12 aromatic carbocycles. The normalized spacial score (nSPS) is 11.1. The summed E-state index contributed by atoms with van der Waals surface area (Å²) in [4.78, 5) is 46.8. The van der Waals surface area contributed by atoms with Crippen molar-refractivity contribution in [3.8, 4) is 17.1 Å². The minimum atomic E-state index is -1.67. The molecule has 0 fully saturated rings. The molecule has 131 heavy (non-hydrogen) atoms. The largest absolute Gasteiger partial charge is 1.00 e. The van der Waals surface area contributed by atoms with E-state index in [1.165, 1.54) is 11.1 Å². The number of nitrogen functional groups attached to an aromatic ring is 3. The van der Waals surface area contributed by atoms with Crippen molar-refractivity contribution in [1.82, 2.24) is 40.0 Å². The van der Waals surface area contributed by atoms with Gasteiger partial charge >= 0.3 is 29.6 Å². The summed E-state index contributed by atoms with van der Waals surface area (Å²) in [7, 11) is 7.36. The van der Waals surface area contributed by atoms with Gasteiger partial charge in [0.15, 0.2) is 11.4 Å². The molecule has 3 heterocycles. The van der Waals surface area contributed by atoms with E-state index in [1.807, 2.05) is 239 Å². The van der Waals surface area contributed by atoms with Crippen LogP contribution in [0.2, 0.25) is 0 Å². The van der Waals surface area contributed by atoms with Gasteiger partial charge in [-0.1, -0.05) is 207 Å². The van der Waals surface area contributed by atoms with E-state index in [1.54, 1.807) is 88.2 Å². The van der Waals surface area contributed by atoms with Crippen LogP contribution in [0.3, 0.4) is 0 Å². The molecule has 3 amide bonds. The molecular weight excluding hydrogens is 1710 g/mol. The average molecular weight is 1820 g/mol. The number of halogens is 2. The Balaban J connectivity index is 0.000000243. The summed E-state index contributed by atoms with van der Waals surface area (Å²) in [6, 6.07) is 103. The van der Waals surface area contributed by atoms with E-state index in [9.17, 15) is 19.5 Å². The smallest absolute Gasteiger partial charge is 1.00 e. The number of benzene rings is 12. The number of hydrogen-bond acceptors (Lipinski definition) is 17. The fraction of sp³-hybridized carbons (Fsp3) is 0.149. The quantitative estimate of drug-likeness (QED) is 0.00748. The van der Waals surface area contributed by atoms with Crippen LogP contribution in [-0.2, 0) is 35.4 Å². The Kier molecular flexibility index (Phi) is 42.1. The van der Waals surface area contributed by atoms with Crippen molar-refractivity contribution in [2.24, 2.45) is 22.9 Å². The standard InChI is InChI=1S/C32H28N6O.C32H32N6O.C25H20N4O2.C7H10N2.C5H14N2.B.Cl2OS.Na.H/c1-22-18-30(38(37-22)29-13-7-11-27(20-29)34-2)32(39)36-28-12-6-10-25(19-28)31(24-8-4-3-5-9-24)35-21-23-14-16-26(33)17-15-23;1-22-17-30(38(37-22)29-12-5-7-24(18-29)20-33)32(39)36-28-11-6-10-26(19-28)31(25-8-3-2-4-9-25)35-21-23-13-15-27(34)16-14-23;1-17-14-23(29(28-17)22-13-7-11-20(16-22)26-2)25(31)27-21-12-6-10-19(15-21)24(30)18-8-4-3-5-9-18;8-5-6-1-3-7(9)4-2-6;6-4-2-1-3-5-7;;1-4(2)3;;/h3-20,31,35H,21,33H2,1H3,(H,36,39);2-19,31,35H,20-21,33-34H2,1H3,(H,36,39);3-16,24,30H,1H3,(H,27,31);1-4H,5,8-9H2;1-7H2;;;;/q;;;;;;;+1;-1. The third-order valence-electron chi connectivity index (χ3n) is 19.9. The molecule has 663 valence electrons. The van der Waals surface area contributed by atoms with Gasteiger partial charge in [-0.15, -0.1) is 0 Å². The summed E-state index contributed by atoms with van der Waals surface area (Å²) >= 11 is 0. The van der Waals surface area contributed by atoms with Crippen LogP contribution < -0.4 is 96.3 Å². The molecule has 15 rings (SSSR count). The second-order valence-corrected chi connectivity index (χ2v) is 32.2. The molecule has 0 saturated heterocycles. The van der Waals surface area contributed by atoms with Gasteiger partial charge in [-0.2, -0.15) is 15.3 Å². The molecule has 3 radical (unpaired) electrons. The summed E-state index contributed by atoms with van der Waals surface area (Å²) in [6.07, 6.45) is 2.64. The van der Waals surface area contributed by atoms with Gasteiger partial charge in [0, 0.05) is 90.1 Å². The molecule has 0 saturated carbocycles. The molecule has 3 aromatic heterocycles. The molecule has 3 atom stereocenters. The van der Waals surface area contributed by atoms with E-state index < -0.39 is 15.3 Å². The molecule has 30 heteroatoms. The molecule has 0 bridgehead atoms. The number of carbonyl (C=O) groups excluding carboxylic acids is 3. The molecule has 0 aliphatic rings. The van der Waals surface area contributed by atoms with Crippen LogP contribution in [0.15, 0.2) is 328 Å². The number of carbonyl (C=O) groups is 3. The maximum absolute atomic E-state index is 13.4. The summed E-state index contributed by atoms with van der Waals surface area (Å²) < 4.78 is 13.9. The van der Waals surface area contributed by atoms with Crippen molar-refractivity contribution < 1.29 is 54.7 Å². The molecule has 3 unspecified atom stereocenters. The number of rotatable bonds is 27. The Bertz CT molecular complexity index is 6240. The van der Waals surface area contributed by atoms with Crippen LogP contribution in [-0.4, -0.2) is 77.9 Å². The van der Waals surface area contributed by atoms with E-state index >= 15 is 0 Å². The van der Waals surface area contributed by atoms with Crippen LogP contribution in [0.5, 0.6) is 0 Å². The fourth-order valence-corrected chi connectivity index (χ4v) is 13.5. The Morgan fingerprint density at radius 2 is 0.695 bits per heavy atom. The first-order valence-corrected chi connectivity index (χ1v) is 44.2. The number of hydrogen-bond donors (Lipinski definition) is 13. The molecule has 25 nitrogen and oxygen atoms in total. The molecule has 20 N–H and O–H groups in total. The van der Waals surface area contributed by atoms with E-state index in [0.29, 0.717) is 100 Å². The van der Waals surface area contributed by atoms with Crippen molar-refractivity contribution in [1.29, 1.82) is 0 Å². The number of aryl methyl sites for hydroxylation is 3. The first kappa shape index (κ1) is 103. The zero-order valence-electron chi connectivity index (χ0n) is 74.2. The van der Waals surface area contributed by atoms with E-state index in [0.717, 1.165) is 104 Å². The maximum Gasteiger partial charge on any atom is 1.00 e. The first-order chi connectivity index (χ1) is 62.5. The summed E-state index contributed by atoms with van der Waals surface area (Å²) in [5.41, 5.74) is 59.5. The van der Waals surface area contributed by atoms with Crippen LogP contribution in [0, 0.1) is 33.9 Å². The zero-order valence-corrected chi connectivity index (χ0v) is 77.5. The van der Waals surface area contributed by atoms with Gasteiger partial charge in [0.25, 0.3) is 17.7 Å². The number of aromatic nitrogens is 6. The maximum atomic E-state index is 13.4. The van der Waals surface area contributed by atoms with Crippen LogP contribution >= 0.6 is 21.4 Å². The number of nitrogens with one attached hydrogen (secondary N) is 5. The average Bonchev–Trinajstić information content (AvgIpc) is 1.68. The summed E-state index contributed by atoms with van der Waals surface area (Å²) in [5.74, 6) is -0.857. The predicted octanol–water partition coefficient (Wildman–Crippen LogP) is 15.4.